The smallest absolute Gasteiger partial charge is 0.317 e. The minimum Gasteiger partial charge on any atom is -0.447 e. The van der Waals surface area contributed by atoms with Crippen molar-refractivity contribution in [1.29, 1.82) is 5.26 Å². The van der Waals surface area contributed by atoms with Gasteiger partial charge in [-0.3, -0.25) is 4.79 Å². The van der Waals surface area contributed by atoms with Crippen LogP contribution in [-0.4, -0.2) is 38.0 Å². The fourth-order valence-electron chi connectivity index (χ4n) is 1.75. The van der Waals surface area contributed by atoms with Gasteiger partial charge in [-0.25, -0.2) is 0 Å². The second-order valence-electron chi connectivity index (χ2n) is 4.71. The molecule has 0 aliphatic rings. The lowest BCUT2D eigenvalue weighted by Crippen LogP contribution is -2.15. The van der Waals surface area contributed by atoms with Gasteiger partial charge in [0.25, 0.3) is 0 Å². The van der Waals surface area contributed by atoms with Gasteiger partial charge in [0.05, 0.1) is 11.4 Å². The summed E-state index contributed by atoms with van der Waals surface area (Å²) >= 11 is 1.17. The van der Waals surface area contributed by atoms with Crippen LogP contribution >= 0.6 is 11.8 Å². The second kappa shape index (κ2) is 7.04. The quantitative estimate of drug-likeness (QED) is 0.613. The van der Waals surface area contributed by atoms with E-state index in [-0.39, 0.29) is 5.75 Å². The standard InChI is InChI=1S/C14H15N5O2S/c1-9-4-5-10(2)12(6-9)19-14(16-17-18-19)22-8-13(20)21-11(3)7-15/h4-6,11H,8H2,1-3H3/t11-/m0/s1. The summed E-state index contributed by atoms with van der Waals surface area (Å²) in [6.45, 7) is 5.47. The van der Waals surface area contributed by atoms with Crippen LogP contribution in [0.3, 0.4) is 0 Å². The van der Waals surface area contributed by atoms with E-state index in [1.807, 2.05) is 38.1 Å². The third kappa shape index (κ3) is 3.83. The maximum Gasteiger partial charge on any atom is 0.317 e. The number of thioether (sulfide) groups is 1. The zero-order valence-electron chi connectivity index (χ0n) is 12.5. The number of benzene rings is 1. The topological polar surface area (TPSA) is 93.7 Å². The zero-order valence-corrected chi connectivity index (χ0v) is 13.3. The number of ether oxygens (including phenoxy) is 1. The Morgan fingerprint density at radius 1 is 1.50 bits per heavy atom. The van der Waals surface area contributed by atoms with E-state index in [4.69, 9.17) is 10.00 Å². The van der Waals surface area contributed by atoms with Crippen LogP contribution in [0.1, 0.15) is 18.1 Å². The van der Waals surface area contributed by atoms with Crippen molar-refractivity contribution in [2.24, 2.45) is 0 Å². The van der Waals surface area contributed by atoms with E-state index in [1.54, 1.807) is 4.68 Å². The molecule has 1 heterocycles. The van der Waals surface area contributed by atoms with Gasteiger partial charge in [0.1, 0.15) is 6.07 Å². The van der Waals surface area contributed by atoms with Crippen LogP contribution in [0.15, 0.2) is 23.4 Å². The number of carbonyl (C=O) groups excluding carboxylic acids is 1. The largest absolute Gasteiger partial charge is 0.447 e. The first-order chi connectivity index (χ1) is 10.5. The number of nitriles is 1. The first kappa shape index (κ1) is 16.0. The molecule has 0 saturated heterocycles. The molecule has 22 heavy (non-hydrogen) atoms. The predicted molar refractivity (Wildman–Crippen MR) is 80.5 cm³/mol. The molecule has 1 aromatic heterocycles. The Balaban J connectivity index is 2.12. The molecule has 0 N–H and O–H groups in total. The zero-order chi connectivity index (χ0) is 16.1. The van der Waals surface area contributed by atoms with Gasteiger partial charge in [-0.05, 0) is 48.4 Å². The van der Waals surface area contributed by atoms with E-state index in [0.29, 0.717) is 5.16 Å². The molecule has 0 aliphatic carbocycles. The molecule has 0 saturated carbocycles. The fraction of sp³-hybridized carbons (Fsp3) is 0.357. The Kier molecular flexibility index (Phi) is 5.12. The van der Waals surface area contributed by atoms with Crippen LogP contribution in [0.25, 0.3) is 5.69 Å². The molecule has 1 aromatic carbocycles. The molecule has 7 nitrogen and oxygen atoms in total. The second-order valence-corrected chi connectivity index (χ2v) is 5.66. The molecule has 0 fully saturated rings. The minimum atomic E-state index is -0.761. The summed E-state index contributed by atoms with van der Waals surface area (Å²) in [5.41, 5.74) is 2.99. The first-order valence-corrected chi connectivity index (χ1v) is 7.57. The molecular weight excluding hydrogens is 302 g/mol. The van der Waals surface area contributed by atoms with Gasteiger partial charge < -0.3 is 4.74 Å². The summed E-state index contributed by atoms with van der Waals surface area (Å²) in [6.07, 6.45) is -0.761. The van der Waals surface area contributed by atoms with Crippen LogP contribution in [0, 0.1) is 25.2 Å². The molecule has 0 spiro atoms. The molecule has 0 radical (unpaired) electrons. The van der Waals surface area contributed by atoms with Crippen LogP contribution in [0.2, 0.25) is 0 Å². The summed E-state index contributed by atoms with van der Waals surface area (Å²) in [7, 11) is 0. The van der Waals surface area contributed by atoms with Crippen molar-refractivity contribution in [2.45, 2.75) is 32.0 Å². The van der Waals surface area contributed by atoms with Crippen molar-refractivity contribution in [3.63, 3.8) is 0 Å². The minimum absolute atomic E-state index is 0.0389. The number of rotatable bonds is 5. The lowest BCUT2D eigenvalue weighted by Gasteiger charge is -2.09. The maximum absolute atomic E-state index is 11.6. The van der Waals surface area contributed by atoms with Gasteiger partial charge in [0.15, 0.2) is 6.10 Å². The summed E-state index contributed by atoms with van der Waals surface area (Å²) < 4.78 is 6.48. The average molecular weight is 317 g/mol. The lowest BCUT2D eigenvalue weighted by molar-refractivity contribution is -0.142. The molecule has 0 unspecified atom stereocenters. The third-order valence-corrected chi connectivity index (χ3v) is 3.74. The number of nitrogens with zero attached hydrogens (tertiary/aromatic N) is 5. The van der Waals surface area contributed by atoms with Gasteiger partial charge in [-0.2, -0.15) is 9.94 Å². The van der Waals surface area contributed by atoms with Gasteiger partial charge >= 0.3 is 5.97 Å². The lowest BCUT2D eigenvalue weighted by atomic mass is 10.1. The number of hydrogen-bond donors (Lipinski definition) is 0. The van der Waals surface area contributed by atoms with Gasteiger partial charge in [0, 0.05) is 0 Å². The van der Waals surface area contributed by atoms with E-state index in [0.717, 1.165) is 16.8 Å². The van der Waals surface area contributed by atoms with Gasteiger partial charge in [-0.1, -0.05) is 23.9 Å². The molecule has 0 amide bonds. The van der Waals surface area contributed by atoms with Crippen molar-refractivity contribution < 1.29 is 9.53 Å². The van der Waals surface area contributed by atoms with Crippen LogP contribution in [0.5, 0.6) is 0 Å². The summed E-state index contributed by atoms with van der Waals surface area (Å²) in [5, 5.41) is 20.7. The van der Waals surface area contributed by atoms with E-state index in [1.165, 1.54) is 18.7 Å². The maximum atomic E-state index is 11.6. The number of esters is 1. The molecule has 8 heteroatoms. The Morgan fingerprint density at radius 3 is 3.00 bits per heavy atom. The number of hydrogen-bond acceptors (Lipinski definition) is 7. The number of aryl methyl sites for hydroxylation is 2. The van der Waals surface area contributed by atoms with E-state index in [9.17, 15) is 4.79 Å². The van der Waals surface area contributed by atoms with E-state index >= 15 is 0 Å². The van der Waals surface area contributed by atoms with Gasteiger partial charge in [0.2, 0.25) is 5.16 Å². The molecular formula is C14H15N5O2S. The number of aromatic nitrogens is 4. The van der Waals surface area contributed by atoms with Crippen LogP contribution in [0.4, 0.5) is 0 Å². The average Bonchev–Trinajstić information content (AvgIpc) is 2.95. The van der Waals surface area contributed by atoms with Crippen LogP contribution in [-0.2, 0) is 9.53 Å². The van der Waals surface area contributed by atoms with E-state index < -0.39 is 12.1 Å². The van der Waals surface area contributed by atoms with Crippen molar-refractivity contribution in [1.82, 2.24) is 20.2 Å². The highest BCUT2D eigenvalue weighted by molar-refractivity contribution is 7.99. The Labute approximate surface area is 132 Å². The van der Waals surface area contributed by atoms with Crippen LogP contribution < -0.4 is 0 Å². The predicted octanol–water partition coefficient (Wildman–Crippen LogP) is 1.83. The SMILES string of the molecule is Cc1ccc(C)c(-n2nnnc2SCC(=O)O[C@@H](C)C#N)c1. The highest BCUT2D eigenvalue weighted by Crippen LogP contribution is 2.21. The molecule has 114 valence electrons. The molecule has 2 rings (SSSR count). The van der Waals surface area contributed by atoms with E-state index in [2.05, 4.69) is 15.5 Å². The monoisotopic (exact) mass is 317 g/mol. The Bertz CT molecular complexity index is 722. The Morgan fingerprint density at radius 2 is 2.27 bits per heavy atom. The first-order valence-electron chi connectivity index (χ1n) is 6.59. The number of carbonyl (C=O) groups is 1. The molecule has 0 aliphatic heterocycles. The van der Waals surface area contributed by atoms with Gasteiger partial charge in [-0.15, -0.1) is 5.10 Å². The molecule has 2 aromatic rings. The molecule has 0 bridgehead atoms. The highest BCUT2D eigenvalue weighted by Gasteiger charge is 2.15. The molecule has 1 atom stereocenters. The summed E-state index contributed by atoms with van der Waals surface area (Å²) in [6, 6.07) is 7.82. The van der Waals surface area contributed by atoms with Crippen molar-refractivity contribution in [3.8, 4) is 11.8 Å². The summed E-state index contributed by atoms with van der Waals surface area (Å²) in [5.74, 6) is -0.438. The van der Waals surface area contributed by atoms with Crippen molar-refractivity contribution in [2.75, 3.05) is 5.75 Å². The fourth-order valence-corrected chi connectivity index (χ4v) is 2.42. The third-order valence-electron chi connectivity index (χ3n) is 2.84. The summed E-state index contributed by atoms with van der Waals surface area (Å²) in [4.78, 5) is 11.6. The highest BCUT2D eigenvalue weighted by atomic mass is 32.2. The van der Waals surface area contributed by atoms with Crippen molar-refractivity contribution in [3.05, 3.63) is 29.3 Å². The Hall–Kier alpha value is -2.40. The van der Waals surface area contributed by atoms with Crippen molar-refractivity contribution >= 4 is 17.7 Å². The number of tetrazole rings is 1. The normalized spacial score (nSPS) is 11.7.